The highest BCUT2D eigenvalue weighted by Crippen LogP contribution is 2.30. The van der Waals surface area contributed by atoms with E-state index in [-0.39, 0.29) is 0 Å². The van der Waals surface area contributed by atoms with Gasteiger partial charge in [-0.05, 0) is 49.2 Å². The Morgan fingerprint density at radius 3 is 2.57 bits per heavy atom. The van der Waals surface area contributed by atoms with Crippen molar-refractivity contribution in [1.82, 2.24) is 0 Å². The molecule has 0 unspecified atom stereocenters. The number of benzene rings is 3. The average Bonchev–Trinajstić information content (AvgIpc) is 2.94. The van der Waals surface area contributed by atoms with Crippen molar-refractivity contribution in [3.05, 3.63) is 77.4 Å². The molecule has 0 spiro atoms. The number of rotatable bonds is 3. The van der Waals surface area contributed by atoms with Crippen LogP contribution < -0.4 is 5.32 Å². The summed E-state index contributed by atoms with van der Waals surface area (Å²) >= 11 is 0. The zero-order valence-electron chi connectivity index (χ0n) is 13.4. The van der Waals surface area contributed by atoms with Gasteiger partial charge in [0, 0.05) is 23.0 Å². The molecular formula is C21H19NO. The van der Waals surface area contributed by atoms with E-state index in [4.69, 9.17) is 4.42 Å². The highest BCUT2D eigenvalue weighted by Gasteiger charge is 2.07. The molecule has 4 aromatic rings. The average molecular weight is 301 g/mol. The molecule has 4 rings (SSSR count). The first-order chi connectivity index (χ1) is 11.2. The van der Waals surface area contributed by atoms with Crippen LogP contribution in [0.5, 0.6) is 0 Å². The van der Waals surface area contributed by atoms with Gasteiger partial charge in [-0.3, -0.25) is 0 Å². The Kier molecular flexibility index (Phi) is 3.30. The van der Waals surface area contributed by atoms with E-state index in [2.05, 4.69) is 55.6 Å². The summed E-state index contributed by atoms with van der Waals surface area (Å²) in [7, 11) is 0. The van der Waals surface area contributed by atoms with Crippen LogP contribution in [0.4, 0.5) is 5.69 Å². The topological polar surface area (TPSA) is 25.2 Å². The Morgan fingerprint density at radius 2 is 1.65 bits per heavy atom. The predicted octanol–water partition coefficient (Wildman–Crippen LogP) is 5.81. The quantitative estimate of drug-likeness (QED) is 0.516. The molecule has 0 aliphatic carbocycles. The van der Waals surface area contributed by atoms with E-state index in [0.29, 0.717) is 0 Å². The lowest BCUT2D eigenvalue weighted by Gasteiger charge is -2.10. The van der Waals surface area contributed by atoms with Gasteiger partial charge in [-0.2, -0.15) is 0 Å². The highest BCUT2D eigenvalue weighted by molar-refractivity contribution is 6.05. The second-order valence-corrected chi connectivity index (χ2v) is 6.09. The number of para-hydroxylation sites is 1. The molecule has 0 aliphatic heterocycles. The van der Waals surface area contributed by atoms with Crippen molar-refractivity contribution in [2.45, 2.75) is 20.4 Å². The Hall–Kier alpha value is -2.74. The zero-order valence-corrected chi connectivity index (χ0v) is 13.4. The van der Waals surface area contributed by atoms with Crippen molar-refractivity contribution >= 4 is 27.6 Å². The summed E-state index contributed by atoms with van der Waals surface area (Å²) in [6, 6.07) is 21.0. The van der Waals surface area contributed by atoms with Gasteiger partial charge in [0.25, 0.3) is 0 Å². The van der Waals surface area contributed by atoms with Gasteiger partial charge in [0.15, 0.2) is 0 Å². The first kappa shape index (κ1) is 13.9. The van der Waals surface area contributed by atoms with Crippen molar-refractivity contribution in [3.63, 3.8) is 0 Å². The largest absolute Gasteiger partial charge is 0.456 e. The highest BCUT2D eigenvalue weighted by atomic mass is 16.3. The number of hydrogen-bond acceptors (Lipinski definition) is 2. The summed E-state index contributed by atoms with van der Waals surface area (Å²) in [6.07, 6.45) is 0. The molecule has 1 N–H and O–H groups in total. The van der Waals surface area contributed by atoms with Crippen molar-refractivity contribution < 1.29 is 4.42 Å². The van der Waals surface area contributed by atoms with E-state index in [1.54, 1.807) is 0 Å². The minimum atomic E-state index is 0.828. The van der Waals surface area contributed by atoms with Crippen molar-refractivity contribution in [2.75, 3.05) is 5.32 Å². The number of anilines is 1. The molecule has 1 heterocycles. The first-order valence-electron chi connectivity index (χ1n) is 7.92. The molecule has 0 atom stereocenters. The van der Waals surface area contributed by atoms with Crippen LogP contribution in [0.2, 0.25) is 0 Å². The van der Waals surface area contributed by atoms with Crippen LogP contribution in [0.25, 0.3) is 21.9 Å². The van der Waals surface area contributed by atoms with Gasteiger partial charge >= 0.3 is 0 Å². The van der Waals surface area contributed by atoms with E-state index in [1.165, 1.54) is 16.7 Å². The number of furan rings is 1. The molecule has 2 heteroatoms. The number of fused-ring (bicyclic) bond motifs is 3. The maximum Gasteiger partial charge on any atom is 0.135 e. The standard InChI is InChI=1S/C21H19NO/c1-14-7-8-15(2)16(11-14)13-22-17-9-10-21-19(12-17)18-5-3-4-6-20(18)23-21/h3-12,22H,13H2,1-2H3. The summed E-state index contributed by atoms with van der Waals surface area (Å²) in [4.78, 5) is 0. The molecule has 0 saturated heterocycles. The van der Waals surface area contributed by atoms with Crippen LogP contribution in [0.3, 0.4) is 0 Å². The molecule has 0 radical (unpaired) electrons. The van der Waals surface area contributed by atoms with Crippen molar-refractivity contribution in [1.29, 1.82) is 0 Å². The zero-order chi connectivity index (χ0) is 15.8. The summed E-state index contributed by atoms with van der Waals surface area (Å²) in [5, 5.41) is 5.86. The van der Waals surface area contributed by atoms with Crippen LogP contribution in [0.15, 0.2) is 65.1 Å². The molecule has 0 saturated carbocycles. The minimum absolute atomic E-state index is 0.828. The predicted molar refractivity (Wildman–Crippen MR) is 97.0 cm³/mol. The smallest absolute Gasteiger partial charge is 0.135 e. The molecule has 2 nitrogen and oxygen atoms in total. The van der Waals surface area contributed by atoms with Gasteiger partial charge in [0.05, 0.1) is 0 Å². The molecule has 0 fully saturated rings. The van der Waals surface area contributed by atoms with Gasteiger partial charge in [0.2, 0.25) is 0 Å². The SMILES string of the molecule is Cc1ccc(C)c(CNc2ccc3oc4ccccc4c3c2)c1. The fourth-order valence-corrected chi connectivity index (χ4v) is 3.02. The van der Waals surface area contributed by atoms with E-state index < -0.39 is 0 Å². The number of aryl methyl sites for hydroxylation is 2. The van der Waals surface area contributed by atoms with Gasteiger partial charge in [-0.1, -0.05) is 42.0 Å². The molecule has 3 aromatic carbocycles. The first-order valence-corrected chi connectivity index (χ1v) is 7.92. The second-order valence-electron chi connectivity index (χ2n) is 6.09. The lowest BCUT2D eigenvalue weighted by molar-refractivity contribution is 0.669. The second kappa shape index (κ2) is 5.47. The number of nitrogens with one attached hydrogen (secondary N) is 1. The Morgan fingerprint density at radius 1 is 0.826 bits per heavy atom. The van der Waals surface area contributed by atoms with Gasteiger partial charge in [0.1, 0.15) is 11.2 Å². The van der Waals surface area contributed by atoms with Gasteiger partial charge < -0.3 is 9.73 Å². The van der Waals surface area contributed by atoms with E-state index in [0.717, 1.165) is 34.2 Å². The van der Waals surface area contributed by atoms with Gasteiger partial charge in [-0.15, -0.1) is 0 Å². The van der Waals surface area contributed by atoms with Crippen LogP contribution in [-0.4, -0.2) is 0 Å². The fraction of sp³-hybridized carbons (Fsp3) is 0.143. The van der Waals surface area contributed by atoms with E-state index in [1.807, 2.05) is 24.3 Å². The van der Waals surface area contributed by atoms with Crippen molar-refractivity contribution in [2.24, 2.45) is 0 Å². The van der Waals surface area contributed by atoms with E-state index >= 15 is 0 Å². The summed E-state index contributed by atoms with van der Waals surface area (Å²) < 4.78 is 5.88. The normalized spacial score (nSPS) is 11.2. The maximum absolute atomic E-state index is 5.88. The minimum Gasteiger partial charge on any atom is -0.456 e. The third-order valence-electron chi connectivity index (χ3n) is 4.36. The summed E-state index contributed by atoms with van der Waals surface area (Å²) in [6.45, 7) is 5.12. The third-order valence-corrected chi connectivity index (χ3v) is 4.36. The lowest BCUT2D eigenvalue weighted by Crippen LogP contribution is -2.01. The summed E-state index contributed by atoms with van der Waals surface area (Å²) in [5.74, 6) is 0. The van der Waals surface area contributed by atoms with Gasteiger partial charge in [-0.25, -0.2) is 0 Å². The molecule has 0 bridgehead atoms. The van der Waals surface area contributed by atoms with Crippen molar-refractivity contribution in [3.8, 4) is 0 Å². The number of hydrogen-bond donors (Lipinski definition) is 1. The Bertz CT molecular complexity index is 997. The molecule has 0 aliphatic rings. The van der Waals surface area contributed by atoms with Crippen LogP contribution in [0, 0.1) is 13.8 Å². The van der Waals surface area contributed by atoms with Crippen LogP contribution >= 0.6 is 0 Å². The lowest BCUT2D eigenvalue weighted by atomic mass is 10.1. The van der Waals surface area contributed by atoms with Crippen LogP contribution in [-0.2, 0) is 6.54 Å². The molecule has 23 heavy (non-hydrogen) atoms. The maximum atomic E-state index is 5.88. The van der Waals surface area contributed by atoms with Crippen LogP contribution in [0.1, 0.15) is 16.7 Å². The monoisotopic (exact) mass is 301 g/mol. The molecule has 0 amide bonds. The summed E-state index contributed by atoms with van der Waals surface area (Å²) in [5.41, 5.74) is 6.94. The fourth-order valence-electron chi connectivity index (χ4n) is 3.02. The molecular weight excluding hydrogens is 282 g/mol. The van der Waals surface area contributed by atoms with E-state index in [9.17, 15) is 0 Å². The molecule has 1 aromatic heterocycles. The molecule has 114 valence electrons. The third kappa shape index (κ3) is 2.57. The Balaban J connectivity index is 1.66. The Labute approximate surface area is 135 Å².